The van der Waals surface area contributed by atoms with E-state index >= 15 is 0 Å². The first-order chi connectivity index (χ1) is 8.99. The molecule has 1 atom stereocenters. The molecular formula is C15H23N3S. The number of aryl methyl sites for hydroxylation is 2. The maximum Gasteiger partial charge on any atom is 0.194 e. The molecule has 104 valence electrons. The van der Waals surface area contributed by atoms with E-state index in [2.05, 4.69) is 47.8 Å². The first-order valence-corrected chi connectivity index (χ1v) is 8.02. The average molecular weight is 277 g/mol. The molecule has 1 saturated carbocycles. The van der Waals surface area contributed by atoms with Crippen molar-refractivity contribution in [2.75, 3.05) is 0 Å². The summed E-state index contributed by atoms with van der Waals surface area (Å²) < 4.78 is 2.30. The Morgan fingerprint density at radius 2 is 2.26 bits per heavy atom. The Bertz CT molecular complexity index is 594. The number of nitrogens with zero attached hydrogens (tertiary/aromatic N) is 2. The van der Waals surface area contributed by atoms with E-state index in [1.54, 1.807) is 11.3 Å². The molecule has 0 bridgehead atoms. The highest BCUT2D eigenvalue weighted by Gasteiger charge is 2.34. The van der Waals surface area contributed by atoms with E-state index in [0.717, 1.165) is 11.5 Å². The third-order valence-electron chi connectivity index (χ3n) is 4.60. The third-order valence-corrected chi connectivity index (χ3v) is 5.55. The van der Waals surface area contributed by atoms with Crippen LogP contribution in [-0.2, 0) is 6.54 Å². The van der Waals surface area contributed by atoms with Crippen LogP contribution in [-0.4, -0.2) is 15.4 Å². The van der Waals surface area contributed by atoms with E-state index in [1.807, 2.05) is 0 Å². The topological polar surface area (TPSA) is 29.3 Å². The fourth-order valence-electron chi connectivity index (χ4n) is 3.30. The van der Waals surface area contributed by atoms with E-state index in [4.69, 9.17) is 0 Å². The van der Waals surface area contributed by atoms with Gasteiger partial charge in [-0.1, -0.05) is 20.3 Å². The summed E-state index contributed by atoms with van der Waals surface area (Å²) >= 11 is 1.73. The fraction of sp³-hybridized carbons (Fsp3) is 0.667. The van der Waals surface area contributed by atoms with Gasteiger partial charge in [0.1, 0.15) is 0 Å². The van der Waals surface area contributed by atoms with Crippen LogP contribution in [0.1, 0.15) is 50.2 Å². The minimum Gasteiger partial charge on any atom is -0.308 e. The third kappa shape index (κ3) is 2.21. The van der Waals surface area contributed by atoms with E-state index in [0.29, 0.717) is 11.5 Å². The Hall–Kier alpha value is -0.870. The number of imidazole rings is 1. The summed E-state index contributed by atoms with van der Waals surface area (Å²) in [6, 6.07) is 0.636. The number of hydrogen-bond acceptors (Lipinski definition) is 3. The van der Waals surface area contributed by atoms with Gasteiger partial charge >= 0.3 is 0 Å². The minimum absolute atomic E-state index is 0.432. The van der Waals surface area contributed by atoms with E-state index in [1.165, 1.54) is 36.3 Å². The van der Waals surface area contributed by atoms with Gasteiger partial charge in [-0.2, -0.15) is 0 Å². The van der Waals surface area contributed by atoms with Gasteiger partial charge in [-0.05, 0) is 32.1 Å². The van der Waals surface area contributed by atoms with Crippen molar-refractivity contribution in [2.24, 2.45) is 5.41 Å². The molecule has 2 heterocycles. The molecule has 2 aromatic rings. The van der Waals surface area contributed by atoms with Crippen LogP contribution in [0.2, 0.25) is 0 Å². The summed E-state index contributed by atoms with van der Waals surface area (Å²) in [6.07, 6.45) is 3.99. The number of rotatable bonds is 3. The Morgan fingerprint density at radius 1 is 1.47 bits per heavy atom. The van der Waals surface area contributed by atoms with Crippen molar-refractivity contribution in [3.8, 4) is 0 Å². The van der Waals surface area contributed by atoms with Crippen LogP contribution >= 0.6 is 11.3 Å². The van der Waals surface area contributed by atoms with Crippen molar-refractivity contribution in [3.05, 3.63) is 22.5 Å². The van der Waals surface area contributed by atoms with Crippen molar-refractivity contribution in [1.29, 1.82) is 0 Å². The molecule has 4 heteroatoms. The molecule has 1 aliphatic carbocycles. The molecule has 1 N–H and O–H groups in total. The van der Waals surface area contributed by atoms with Gasteiger partial charge in [0.15, 0.2) is 4.96 Å². The summed E-state index contributed by atoms with van der Waals surface area (Å²) in [4.78, 5) is 5.78. The zero-order valence-electron chi connectivity index (χ0n) is 12.3. The van der Waals surface area contributed by atoms with Crippen molar-refractivity contribution >= 4 is 16.3 Å². The molecular weight excluding hydrogens is 254 g/mol. The lowest BCUT2D eigenvalue weighted by atomic mass is 9.87. The summed E-state index contributed by atoms with van der Waals surface area (Å²) in [5.74, 6) is 0. The molecule has 0 amide bonds. The standard InChI is InChI=1S/C15H23N3S/c1-10-9-19-14-17-11(2)12(18(10)14)8-16-13-6-5-7-15(13,3)4/h9,13,16H,5-8H2,1-4H3. The highest BCUT2D eigenvalue weighted by atomic mass is 32.1. The molecule has 0 radical (unpaired) electrons. The SMILES string of the molecule is Cc1nc2scc(C)n2c1CNC1CCCC1(C)C. The van der Waals surface area contributed by atoms with Gasteiger partial charge in [-0.15, -0.1) is 11.3 Å². The molecule has 1 aliphatic rings. The van der Waals surface area contributed by atoms with Gasteiger partial charge in [-0.25, -0.2) is 4.98 Å². The summed E-state index contributed by atoms with van der Waals surface area (Å²) in [5.41, 5.74) is 4.22. The second-order valence-electron chi connectivity index (χ2n) is 6.45. The number of fused-ring (bicyclic) bond motifs is 1. The number of thiazole rings is 1. The Balaban J connectivity index is 1.82. The van der Waals surface area contributed by atoms with Crippen molar-refractivity contribution < 1.29 is 0 Å². The summed E-state index contributed by atoms with van der Waals surface area (Å²) in [5, 5.41) is 5.95. The van der Waals surface area contributed by atoms with E-state index in [9.17, 15) is 0 Å². The fourth-order valence-corrected chi connectivity index (χ4v) is 4.23. The zero-order valence-corrected chi connectivity index (χ0v) is 13.1. The summed E-state index contributed by atoms with van der Waals surface area (Å²) in [7, 11) is 0. The largest absolute Gasteiger partial charge is 0.308 e. The maximum absolute atomic E-state index is 4.66. The van der Waals surface area contributed by atoms with Gasteiger partial charge in [0.2, 0.25) is 0 Å². The van der Waals surface area contributed by atoms with Crippen LogP contribution in [0.3, 0.4) is 0 Å². The molecule has 0 spiro atoms. The Labute approximate surface area is 119 Å². The lowest BCUT2D eigenvalue weighted by molar-refractivity contribution is 0.281. The highest BCUT2D eigenvalue weighted by Crippen LogP contribution is 2.37. The quantitative estimate of drug-likeness (QED) is 0.927. The zero-order chi connectivity index (χ0) is 13.6. The van der Waals surface area contributed by atoms with E-state index < -0.39 is 0 Å². The highest BCUT2D eigenvalue weighted by molar-refractivity contribution is 7.15. The van der Waals surface area contributed by atoms with Crippen molar-refractivity contribution in [2.45, 2.75) is 59.5 Å². The van der Waals surface area contributed by atoms with Crippen LogP contribution in [0.4, 0.5) is 0 Å². The number of hydrogen-bond donors (Lipinski definition) is 1. The van der Waals surface area contributed by atoms with Gasteiger partial charge in [0, 0.05) is 23.7 Å². The second-order valence-corrected chi connectivity index (χ2v) is 7.29. The van der Waals surface area contributed by atoms with Gasteiger partial charge in [0.05, 0.1) is 11.4 Å². The summed E-state index contributed by atoms with van der Waals surface area (Å²) in [6.45, 7) is 9.97. The van der Waals surface area contributed by atoms with Crippen molar-refractivity contribution in [1.82, 2.24) is 14.7 Å². The molecule has 3 rings (SSSR count). The lowest BCUT2D eigenvalue weighted by Gasteiger charge is -2.28. The predicted octanol–water partition coefficient (Wildman–Crippen LogP) is 3.68. The van der Waals surface area contributed by atoms with Crippen LogP contribution in [0.25, 0.3) is 4.96 Å². The maximum atomic E-state index is 4.66. The van der Waals surface area contributed by atoms with Gasteiger partial charge in [0.25, 0.3) is 0 Å². The minimum atomic E-state index is 0.432. The Kier molecular flexibility index (Phi) is 3.18. The van der Waals surface area contributed by atoms with Crippen LogP contribution in [0.15, 0.2) is 5.38 Å². The molecule has 2 aromatic heterocycles. The van der Waals surface area contributed by atoms with Crippen molar-refractivity contribution in [3.63, 3.8) is 0 Å². The van der Waals surface area contributed by atoms with Crippen LogP contribution in [0.5, 0.6) is 0 Å². The first kappa shape index (κ1) is 13.1. The Morgan fingerprint density at radius 3 is 2.95 bits per heavy atom. The first-order valence-electron chi connectivity index (χ1n) is 7.14. The molecule has 0 aromatic carbocycles. The molecule has 19 heavy (non-hydrogen) atoms. The lowest BCUT2D eigenvalue weighted by Crippen LogP contribution is -2.37. The molecule has 1 unspecified atom stereocenters. The monoisotopic (exact) mass is 277 g/mol. The smallest absolute Gasteiger partial charge is 0.194 e. The predicted molar refractivity (Wildman–Crippen MR) is 80.8 cm³/mol. The average Bonchev–Trinajstić information content (AvgIpc) is 2.94. The van der Waals surface area contributed by atoms with Gasteiger partial charge < -0.3 is 5.32 Å². The number of aromatic nitrogens is 2. The number of nitrogens with one attached hydrogen (secondary N) is 1. The van der Waals surface area contributed by atoms with Gasteiger partial charge in [-0.3, -0.25) is 4.40 Å². The molecule has 3 nitrogen and oxygen atoms in total. The normalized spacial score (nSPS) is 22.4. The molecule has 0 saturated heterocycles. The van der Waals surface area contributed by atoms with Crippen LogP contribution < -0.4 is 5.32 Å². The van der Waals surface area contributed by atoms with Crippen LogP contribution in [0, 0.1) is 19.3 Å². The molecule has 0 aliphatic heterocycles. The molecule has 1 fully saturated rings. The van der Waals surface area contributed by atoms with E-state index in [-0.39, 0.29) is 0 Å². The second kappa shape index (κ2) is 4.60.